The number of ether oxygens (including phenoxy) is 2. The fourth-order valence-electron chi connectivity index (χ4n) is 1.33. The van der Waals surface area contributed by atoms with Gasteiger partial charge in [0.25, 0.3) is 0 Å². The lowest BCUT2D eigenvalue weighted by Gasteiger charge is -2.09. The lowest BCUT2D eigenvalue weighted by atomic mass is 10.2. The molecule has 0 bridgehead atoms. The summed E-state index contributed by atoms with van der Waals surface area (Å²) >= 11 is 0. The Hall–Kier alpha value is -1.58. The van der Waals surface area contributed by atoms with Crippen molar-refractivity contribution in [3.63, 3.8) is 0 Å². The van der Waals surface area contributed by atoms with Crippen LogP contribution in [0.25, 0.3) is 0 Å². The third-order valence-electron chi connectivity index (χ3n) is 2.20. The maximum absolute atomic E-state index is 10.9. The van der Waals surface area contributed by atoms with E-state index in [4.69, 9.17) is 4.74 Å². The van der Waals surface area contributed by atoms with Crippen molar-refractivity contribution in [1.29, 1.82) is 0 Å². The van der Waals surface area contributed by atoms with Gasteiger partial charge in [-0.25, -0.2) is 0 Å². The summed E-state index contributed by atoms with van der Waals surface area (Å²) in [4.78, 5) is 15.3. The van der Waals surface area contributed by atoms with Crippen LogP contribution in [0.2, 0.25) is 0 Å². The molecule has 0 unspecified atom stereocenters. The van der Waals surface area contributed by atoms with Crippen molar-refractivity contribution in [1.82, 2.24) is 4.98 Å². The minimum absolute atomic E-state index is 0.257. The summed E-state index contributed by atoms with van der Waals surface area (Å²) in [7, 11) is 1.37. The Morgan fingerprint density at radius 1 is 1.44 bits per heavy atom. The molecule has 88 valence electrons. The van der Waals surface area contributed by atoms with Gasteiger partial charge in [0.1, 0.15) is 5.75 Å². The quantitative estimate of drug-likeness (QED) is 0.715. The van der Waals surface area contributed by atoms with Crippen molar-refractivity contribution >= 4 is 5.97 Å². The molecule has 0 N–H and O–H groups in total. The van der Waals surface area contributed by atoms with Gasteiger partial charge in [0.15, 0.2) is 0 Å². The summed E-state index contributed by atoms with van der Waals surface area (Å²) in [6, 6.07) is 3.78. The van der Waals surface area contributed by atoms with Crippen LogP contribution in [0.1, 0.15) is 24.7 Å². The van der Waals surface area contributed by atoms with Gasteiger partial charge < -0.3 is 9.47 Å². The number of hydrogen-bond donors (Lipinski definition) is 0. The van der Waals surface area contributed by atoms with E-state index in [0.717, 1.165) is 23.6 Å². The maximum atomic E-state index is 10.9. The molecule has 4 heteroatoms. The molecule has 0 aliphatic carbocycles. The molecule has 0 aromatic carbocycles. The molecule has 4 nitrogen and oxygen atoms in total. The topological polar surface area (TPSA) is 48.4 Å². The first-order chi connectivity index (χ1) is 7.67. The van der Waals surface area contributed by atoms with Gasteiger partial charge in [-0.2, -0.15) is 0 Å². The van der Waals surface area contributed by atoms with E-state index in [2.05, 4.69) is 9.72 Å². The second-order valence-corrected chi connectivity index (χ2v) is 3.43. The van der Waals surface area contributed by atoms with Crippen LogP contribution in [0.3, 0.4) is 0 Å². The fourth-order valence-corrected chi connectivity index (χ4v) is 1.33. The number of aryl methyl sites for hydroxylation is 2. The molecule has 0 saturated heterocycles. The molecule has 0 saturated carbocycles. The first kappa shape index (κ1) is 12.5. The standard InChI is InChI=1S/C12H17NO3/c1-4-10-11(6-5-9(2)13-10)16-8-7-12(14)15-3/h5-6H,4,7-8H2,1-3H3. The van der Waals surface area contributed by atoms with Gasteiger partial charge in [0, 0.05) is 5.69 Å². The number of methoxy groups -OCH3 is 1. The van der Waals surface area contributed by atoms with Crippen LogP contribution in [0.5, 0.6) is 5.75 Å². The van der Waals surface area contributed by atoms with Gasteiger partial charge >= 0.3 is 5.97 Å². The second-order valence-electron chi connectivity index (χ2n) is 3.43. The van der Waals surface area contributed by atoms with Crippen molar-refractivity contribution in [2.24, 2.45) is 0 Å². The van der Waals surface area contributed by atoms with Gasteiger partial charge in [0.05, 0.1) is 25.8 Å². The average molecular weight is 223 g/mol. The summed E-state index contributed by atoms with van der Waals surface area (Å²) in [6.45, 7) is 4.29. The molecular formula is C12H17NO3. The summed E-state index contributed by atoms with van der Waals surface area (Å²) in [5.41, 5.74) is 1.89. The van der Waals surface area contributed by atoms with Crippen LogP contribution in [0.15, 0.2) is 12.1 Å². The van der Waals surface area contributed by atoms with Crippen LogP contribution in [0.4, 0.5) is 0 Å². The number of rotatable bonds is 5. The zero-order valence-corrected chi connectivity index (χ0v) is 9.95. The minimum Gasteiger partial charge on any atom is -0.491 e. The van der Waals surface area contributed by atoms with Crippen molar-refractivity contribution in [3.05, 3.63) is 23.5 Å². The van der Waals surface area contributed by atoms with E-state index < -0.39 is 0 Å². The Bertz CT molecular complexity index is 363. The number of aromatic nitrogens is 1. The highest BCUT2D eigenvalue weighted by molar-refractivity contribution is 5.69. The SMILES string of the molecule is CCc1nc(C)ccc1OCCC(=O)OC. The normalized spacial score (nSPS) is 9.94. The number of pyridine rings is 1. The van der Waals surface area contributed by atoms with Gasteiger partial charge in [-0.3, -0.25) is 9.78 Å². The van der Waals surface area contributed by atoms with E-state index in [1.54, 1.807) is 0 Å². The van der Waals surface area contributed by atoms with Crippen LogP contribution >= 0.6 is 0 Å². The first-order valence-corrected chi connectivity index (χ1v) is 5.33. The molecule has 1 aromatic rings. The lowest BCUT2D eigenvalue weighted by Crippen LogP contribution is -2.09. The zero-order chi connectivity index (χ0) is 12.0. The van der Waals surface area contributed by atoms with E-state index in [1.165, 1.54) is 7.11 Å². The Morgan fingerprint density at radius 2 is 2.19 bits per heavy atom. The highest BCUT2D eigenvalue weighted by Crippen LogP contribution is 2.17. The summed E-state index contributed by atoms with van der Waals surface area (Å²) in [5, 5.41) is 0. The summed E-state index contributed by atoms with van der Waals surface area (Å²) < 4.78 is 10.0. The van der Waals surface area contributed by atoms with Crippen molar-refractivity contribution in [2.75, 3.05) is 13.7 Å². The van der Waals surface area contributed by atoms with Crippen LogP contribution in [-0.2, 0) is 16.0 Å². The number of carbonyl (C=O) groups excluding carboxylic acids is 1. The van der Waals surface area contributed by atoms with Crippen molar-refractivity contribution < 1.29 is 14.3 Å². The molecular weight excluding hydrogens is 206 g/mol. The maximum Gasteiger partial charge on any atom is 0.308 e. The van der Waals surface area contributed by atoms with Crippen LogP contribution < -0.4 is 4.74 Å². The molecule has 0 amide bonds. The number of hydrogen-bond acceptors (Lipinski definition) is 4. The third kappa shape index (κ3) is 3.53. The third-order valence-corrected chi connectivity index (χ3v) is 2.20. The minimum atomic E-state index is -0.266. The van der Waals surface area contributed by atoms with E-state index in [-0.39, 0.29) is 12.4 Å². The highest BCUT2D eigenvalue weighted by atomic mass is 16.5. The molecule has 16 heavy (non-hydrogen) atoms. The predicted octanol–water partition coefficient (Wildman–Crippen LogP) is 1.89. The van der Waals surface area contributed by atoms with E-state index >= 15 is 0 Å². The van der Waals surface area contributed by atoms with E-state index in [1.807, 2.05) is 26.0 Å². The van der Waals surface area contributed by atoms with Crippen LogP contribution in [-0.4, -0.2) is 24.7 Å². The largest absolute Gasteiger partial charge is 0.491 e. The Morgan fingerprint density at radius 3 is 2.81 bits per heavy atom. The fraction of sp³-hybridized carbons (Fsp3) is 0.500. The van der Waals surface area contributed by atoms with Gasteiger partial charge in [0.2, 0.25) is 0 Å². The van der Waals surface area contributed by atoms with Crippen molar-refractivity contribution in [3.8, 4) is 5.75 Å². The second kappa shape index (κ2) is 6.10. The van der Waals surface area contributed by atoms with Crippen molar-refractivity contribution in [2.45, 2.75) is 26.7 Å². The summed E-state index contributed by atoms with van der Waals surface area (Å²) in [5.74, 6) is 0.482. The molecule has 1 aromatic heterocycles. The van der Waals surface area contributed by atoms with Crippen LogP contribution in [0, 0.1) is 6.92 Å². The average Bonchev–Trinajstić information content (AvgIpc) is 2.30. The molecule has 1 rings (SSSR count). The van der Waals surface area contributed by atoms with Gasteiger partial charge in [-0.15, -0.1) is 0 Å². The molecule has 0 aliphatic heterocycles. The Kier molecular flexibility index (Phi) is 4.76. The smallest absolute Gasteiger partial charge is 0.308 e. The zero-order valence-electron chi connectivity index (χ0n) is 9.95. The lowest BCUT2D eigenvalue weighted by molar-refractivity contribution is -0.141. The Balaban J connectivity index is 2.56. The first-order valence-electron chi connectivity index (χ1n) is 5.33. The molecule has 0 fully saturated rings. The Labute approximate surface area is 95.6 Å². The molecule has 0 atom stereocenters. The number of nitrogens with zero attached hydrogens (tertiary/aromatic N) is 1. The monoisotopic (exact) mass is 223 g/mol. The highest BCUT2D eigenvalue weighted by Gasteiger charge is 2.05. The molecule has 0 aliphatic rings. The molecule has 0 radical (unpaired) electrons. The summed E-state index contributed by atoms with van der Waals surface area (Å²) in [6.07, 6.45) is 1.07. The van der Waals surface area contributed by atoms with Gasteiger partial charge in [-0.05, 0) is 25.5 Å². The predicted molar refractivity (Wildman–Crippen MR) is 60.5 cm³/mol. The van der Waals surface area contributed by atoms with E-state index in [9.17, 15) is 4.79 Å². The van der Waals surface area contributed by atoms with Gasteiger partial charge in [-0.1, -0.05) is 6.92 Å². The van der Waals surface area contributed by atoms with E-state index in [0.29, 0.717) is 6.61 Å². The molecule has 0 spiro atoms. The number of esters is 1. The number of carbonyl (C=O) groups is 1. The molecule has 1 heterocycles.